The molecule has 0 aromatic heterocycles. The van der Waals surface area contributed by atoms with Crippen molar-refractivity contribution in [2.24, 2.45) is 5.10 Å². The maximum absolute atomic E-state index is 12.8. The highest BCUT2D eigenvalue weighted by Crippen LogP contribution is 2.36. The molecule has 0 aliphatic carbocycles. The number of carbonyl (C=O) groups is 1. The number of hydrazine groups is 1. The van der Waals surface area contributed by atoms with E-state index in [4.69, 9.17) is 9.47 Å². The van der Waals surface area contributed by atoms with E-state index in [9.17, 15) is 4.79 Å². The molecule has 1 amide bonds. The van der Waals surface area contributed by atoms with Crippen LogP contribution in [-0.4, -0.2) is 25.3 Å². The van der Waals surface area contributed by atoms with Gasteiger partial charge in [-0.1, -0.05) is 72.8 Å². The number of hydrogen-bond acceptors (Lipinski definition) is 6. The van der Waals surface area contributed by atoms with E-state index in [1.54, 1.807) is 13.3 Å². The zero-order valence-corrected chi connectivity index (χ0v) is 20.0. The van der Waals surface area contributed by atoms with Crippen molar-refractivity contribution in [1.29, 1.82) is 0 Å². The molecule has 0 saturated carbocycles. The summed E-state index contributed by atoms with van der Waals surface area (Å²) >= 11 is 0. The van der Waals surface area contributed by atoms with Gasteiger partial charge in [0.15, 0.2) is 0 Å². The van der Waals surface area contributed by atoms with E-state index in [1.165, 1.54) is 0 Å². The highest BCUT2D eigenvalue weighted by atomic mass is 16.5. The molecule has 0 bridgehead atoms. The summed E-state index contributed by atoms with van der Waals surface area (Å²) in [6.07, 6.45) is 2.18. The molecular formula is C29H28N4O3. The maximum Gasteiger partial charge on any atom is 0.258 e. The topological polar surface area (TPSA) is 84.0 Å². The van der Waals surface area contributed by atoms with Gasteiger partial charge in [-0.25, -0.2) is 16.3 Å². The van der Waals surface area contributed by atoms with Crippen molar-refractivity contribution in [3.8, 4) is 11.5 Å². The summed E-state index contributed by atoms with van der Waals surface area (Å²) in [5.74, 6) is 1.32. The number of ether oxygens (including phenoxy) is 2. The maximum atomic E-state index is 12.8. The lowest BCUT2D eigenvalue weighted by Gasteiger charge is -2.17. The third-order valence-electron chi connectivity index (χ3n) is 6.21. The van der Waals surface area contributed by atoms with Crippen molar-refractivity contribution < 1.29 is 14.3 Å². The van der Waals surface area contributed by atoms with E-state index in [1.807, 2.05) is 78.9 Å². The van der Waals surface area contributed by atoms with E-state index in [0.29, 0.717) is 13.0 Å². The van der Waals surface area contributed by atoms with Gasteiger partial charge in [0.05, 0.1) is 19.4 Å². The number of amides is 1. The number of hydrogen-bond donors (Lipinski definition) is 3. The molecule has 0 spiro atoms. The lowest BCUT2D eigenvalue weighted by molar-refractivity contribution is -0.122. The molecule has 3 N–H and O–H groups in total. The summed E-state index contributed by atoms with van der Waals surface area (Å²) in [4.78, 5) is 12.8. The van der Waals surface area contributed by atoms with Crippen molar-refractivity contribution >= 4 is 22.9 Å². The van der Waals surface area contributed by atoms with Gasteiger partial charge in [-0.3, -0.25) is 4.79 Å². The van der Waals surface area contributed by atoms with Crippen LogP contribution in [0.2, 0.25) is 0 Å². The number of fused-ring (bicyclic) bond motifs is 1. The molecule has 1 heterocycles. The van der Waals surface area contributed by atoms with E-state index in [-0.39, 0.29) is 11.9 Å². The van der Waals surface area contributed by atoms with Crippen molar-refractivity contribution in [2.75, 3.05) is 7.11 Å². The summed E-state index contributed by atoms with van der Waals surface area (Å²) in [6.45, 7) is 0.487. The van der Waals surface area contributed by atoms with Crippen LogP contribution in [-0.2, 0) is 11.4 Å². The predicted molar refractivity (Wildman–Crippen MR) is 141 cm³/mol. The molecule has 182 valence electrons. The molecule has 4 aromatic carbocycles. The Bertz CT molecular complexity index is 1370. The minimum atomic E-state index is -0.434. The lowest BCUT2D eigenvalue weighted by Crippen LogP contribution is -2.41. The van der Waals surface area contributed by atoms with Crippen molar-refractivity contribution in [2.45, 2.75) is 25.1 Å². The van der Waals surface area contributed by atoms with Gasteiger partial charge >= 0.3 is 0 Å². The average Bonchev–Trinajstić information content (AvgIpc) is 3.42. The van der Waals surface area contributed by atoms with Crippen LogP contribution < -0.4 is 25.8 Å². The fourth-order valence-electron chi connectivity index (χ4n) is 4.40. The molecule has 2 unspecified atom stereocenters. The third kappa shape index (κ3) is 5.38. The summed E-state index contributed by atoms with van der Waals surface area (Å²) in [6, 6.07) is 29.2. The van der Waals surface area contributed by atoms with Crippen molar-refractivity contribution in [3.63, 3.8) is 0 Å². The summed E-state index contributed by atoms with van der Waals surface area (Å²) in [7, 11) is 1.66. The standard InChI is InChI=1S/C29H28N4O3/c1-35-27-15-14-22-11-5-6-13-24(22)28(27)25-17-26(32-31-25)29(34)33-30-18-21-10-7-12-23(16-21)36-19-20-8-3-2-4-9-20/h2-16,18,25-26,31-32H,17,19H2,1H3,(H,33,34)/b30-18+. The zero-order valence-electron chi connectivity index (χ0n) is 20.0. The number of nitrogens with one attached hydrogen (secondary N) is 3. The predicted octanol–water partition coefficient (Wildman–Crippen LogP) is 4.49. The van der Waals surface area contributed by atoms with Crippen LogP contribution >= 0.6 is 0 Å². The van der Waals surface area contributed by atoms with Crippen molar-refractivity contribution in [1.82, 2.24) is 16.3 Å². The van der Waals surface area contributed by atoms with Crippen LogP contribution in [0.5, 0.6) is 11.5 Å². The van der Waals surface area contributed by atoms with Crippen LogP contribution in [0.4, 0.5) is 0 Å². The molecule has 1 saturated heterocycles. The number of benzene rings is 4. The first-order valence-corrected chi connectivity index (χ1v) is 11.9. The summed E-state index contributed by atoms with van der Waals surface area (Å²) < 4.78 is 11.5. The normalized spacial score (nSPS) is 17.4. The molecule has 0 radical (unpaired) electrons. The van der Waals surface area contributed by atoms with Gasteiger partial charge < -0.3 is 9.47 Å². The zero-order chi connectivity index (χ0) is 24.7. The van der Waals surface area contributed by atoms with Gasteiger partial charge in [-0.15, -0.1) is 0 Å². The molecule has 5 rings (SSSR count). The summed E-state index contributed by atoms with van der Waals surface area (Å²) in [5, 5.41) is 6.38. The van der Waals surface area contributed by atoms with Gasteiger partial charge in [0.25, 0.3) is 5.91 Å². The van der Waals surface area contributed by atoms with Gasteiger partial charge in [0.1, 0.15) is 24.1 Å². The Kier molecular flexibility index (Phi) is 7.21. The largest absolute Gasteiger partial charge is 0.496 e. The Balaban J connectivity index is 1.19. The molecule has 7 heteroatoms. The minimum Gasteiger partial charge on any atom is -0.496 e. The van der Waals surface area contributed by atoms with Gasteiger partial charge in [-0.2, -0.15) is 5.10 Å². The Morgan fingerprint density at radius 2 is 1.83 bits per heavy atom. The fraction of sp³-hybridized carbons (Fsp3) is 0.172. The number of nitrogens with zero attached hydrogens (tertiary/aromatic N) is 1. The smallest absolute Gasteiger partial charge is 0.258 e. The first-order valence-electron chi connectivity index (χ1n) is 11.9. The number of methoxy groups -OCH3 is 1. The van der Waals surface area contributed by atoms with E-state index in [0.717, 1.165) is 39.0 Å². The van der Waals surface area contributed by atoms with Crippen LogP contribution in [0.15, 0.2) is 96.1 Å². The Morgan fingerprint density at radius 1 is 1.00 bits per heavy atom. The number of hydrazone groups is 1. The summed E-state index contributed by atoms with van der Waals surface area (Å²) in [5.41, 5.74) is 12.0. The second-order valence-corrected chi connectivity index (χ2v) is 8.61. The van der Waals surface area contributed by atoms with E-state index < -0.39 is 6.04 Å². The average molecular weight is 481 g/mol. The third-order valence-corrected chi connectivity index (χ3v) is 6.21. The van der Waals surface area contributed by atoms with Crippen LogP contribution in [0.1, 0.15) is 29.2 Å². The first kappa shape index (κ1) is 23.5. The molecule has 1 aliphatic heterocycles. The van der Waals surface area contributed by atoms with E-state index >= 15 is 0 Å². The first-order chi connectivity index (χ1) is 17.7. The molecule has 1 aliphatic rings. The molecule has 7 nitrogen and oxygen atoms in total. The quantitative estimate of drug-likeness (QED) is 0.256. The molecule has 1 fully saturated rings. The molecular weight excluding hydrogens is 452 g/mol. The van der Waals surface area contributed by atoms with Crippen LogP contribution in [0.25, 0.3) is 10.8 Å². The highest BCUT2D eigenvalue weighted by Gasteiger charge is 2.32. The van der Waals surface area contributed by atoms with Gasteiger partial charge in [0.2, 0.25) is 0 Å². The highest BCUT2D eigenvalue weighted by molar-refractivity contribution is 5.89. The minimum absolute atomic E-state index is 0.0794. The van der Waals surface area contributed by atoms with E-state index in [2.05, 4.69) is 33.5 Å². The molecule has 4 aromatic rings. The Hall–Kier alpha value is -4.20. The molecule has 2 atom stereocenters. The SMILES string of the molecule is COc1ccc2ccccc2c1C1CC(C(=O)N/N=C/c2cccc(OCc3ccccc3)c2)NN1. The second kappa shape index (κ2) is 11.0. The lowest BCUT2D eigenvalue weighted by atomic mass is 9.95. The number of rotatable bonds is 8. The number of carbonyl (C=O) groups excluding carboxylic acids is 1. The monoisotopic (exact) mass is 480 g/mol. The van der Waals surface area contributed by atoms with Gasteiger partial charge in [0, 0.05) is 5.56 Å². The fourth-order valence-corrected chi connectivity index (χ4v) is 4.40. The van der Waals surface area contributed by atoms with Crippen molar-refractivity contribution in [3.05, 3.63) is 108 Å². The van der Waals surface area contributed by atoms with Crippen LogP contribution in [0.3, 0.4) is 0 Å². The Morgan fingerprint density at radius 3 is 2.69 bits per heavy atom. The second-order valence-electron chi connectivity index (χ2n) is 8.61. The Labute approximate surface area is 210 Å². The van der Waals surface area contributed by atoms with Gasteiger partial charge in [-0.05, 0) is 46.5 Å². The molecule has 36 heavy (non-hydrogen) atoms. The van der Waals surface area contributed by atoms with Crippen LogP contribution in [0, 0.1) is 0 Å².